The SMILES string of the molecule is CCCCN(C(=O)CN1CC(c2ccc3c(c2)OCO3)C(C(=O)O)C1CC(C)(C)C1OCCO1)c1cccc(C[N+](C)(C)C)c1. The van der Waals surface area contributed by atoms with Crippen molar-refractivity contribution in [2.45, 2.75) is 64.8 Å². The van der Waals surface area contributed by atoms with E-state index in [1.54, 1.807) is 0 Å². The molecule has 3 unspecified atom stereocenters. The van der Waals surface area contributed by atoms with E-state index < -0.39 is 29.6 Å². The lowest BCUT2D eigenvalue weighted by Gasteiger charge is -2.37. The number of carboxylic acid groups (broad SMARTS) is 1. The third-order valence-electron chi connectivity index (χ3n) is 9.11. The average Bonchev–Trinajstić information content (AvgIpc) is 3.73. The predicted octanol–water partition coefficient (Wildman–Crippen LogP) is 4.71. The van der Waals surface area contributed by atoms with Crippen molar-refractivity contribution in [2.24, 2.45) is 11.3 Å². The van der Waals surface area contributed by atoms with Crippen LogP contribution in [0.5, 0.6) is 11.5 Å². The van der Waals surface area contributed by atoms with E-state index >= 15 is 0 Å². The molecule has 3 aliphatic heterocycles. The van der Waals surface area contributed by atoms with E-state index in [1.165, 1.54) is 5.56 Å². The lowest BCUT2D eigenvalue weighted by molar-refractivity contribution is -0.884. The van der Waals surface area contributed by atoms with Crippen molar-refractivity contribution in [1.29, 1.82) is 0 Å². The largest absolute Gasteiger partial charge is 0.481 e. The van der Waals surface area contributed by atoms with Gasteiger partial charge >= 0.3 is 5.97 Å². The van der Waals surface area contributed by atoms with Crippen molar-refractivity contribution in [3.8, 4) is 11.5 Å². The number of benzene rings is 2. The maximum Gasteiger partial charge on any atom is 0.308 e. The fraction of sp³-hybridized carbons (Fsp3) is 0.600. The minimum Gasteiger partial charge on any atom is -0.481 e. The number of hydrogen-bond donors (Lipinski definition) is 1. The smallest absolute Gasteiger partial charge is 0.308 e. The number of amides is 1. The van der Waals surface area contributed by atoms with Crippen molar-refractivity contribution in [2.75, 3.05) is 65.7 Å². The first-order chi connectivity index (χ1) is 21.4. The molecular weight excluding hydrogens is 574 g/mol. The van der Waals surface area contributed by atoms with E-state index in [9.17, 15) is 14.7 Å². The van der Waals surface area contributed by atoms with Crippen LogP contribution < -0.4 is 14.4 Å². The van der Waals surface area contributed by atoms with Gasteiger partial charge in [0.05, 0.1) is 46.8 Å². The fourth-order valence-corrected chi connectivity index (χ4v) is 7.02. The first kappa shape index (κ1) is 33.2. The zero-order valence-electron chi connectivity index (χ0n) is 27.7. The van der Waals surface area contributed by atoms with E-state index in [2.05, 4.69) is 58.9 Å². The molecule has 5 rings (SSSR count). The van der Waals surface area contributed by atoms with Crippen LogP contribution in [0.15, 0.2) is 42.5 Å². The summed E-state index contributed by atoms with van der Waals surface area (Å²) >= 11 is 0. The molecule has 3 aliphatic rings. The quantitative estimate of drug-likeness (QED) is 0.320. The van der Waals surface area contributed by atoms with Crippen molar-refractivity contribution >= 4 is 17.6 Å². The summed E-state index contributed by atoms with van der Waals surface area (Å²) in [5.74, 6) is -0.711. The molecule has 10 heteroatoms. The number of quaternary nitrogens is 1. The Bertz CT molecular complexity index is 1350. The highest BCUT2D eigenvalue weighted by atomic mass is 16.7. The summed E-state index contributed by atoms with van der Waals surface area (Å²) in [6.45, 7) is 9.40. The summed E-state index contributed by atoms with van der Waals surface area (Å²) in [5.41, 5.74) is 2.45. The number of aliphatic carboxylic acids is 1. The molecule has 2 aromatic rings. The highest BCUT2D eigenvalue weighted by molar-refractivity contribution is 5.95. The lowest BCUT2D eigenvalue weighted by atomic mass is 9.77. The van der Waals surface area contributed by atoms with E-state index in [4.69, 9.17) is 18.9 Å². The van der Waals surface area contributed by atoms with Crippen molar-refractivity contribution < 1.29 is 38.1 Å². The molecular formula is C35H50N3O7+. The monoisotopic (exact) mass is 624 g/mol. The minimum absolute atomic E-state index is 0.0301. The van der Waals surface area contributed by atoms with Crippen LogP contribution in [0.4, 0.5) is 5.69 Å². The first-order valence-corrected chi connectivity index (χ1v) is 16.2. The average molecular weight is 625 g/mol. The molecule has 1 N–H and O–H groups in total. The van der Waals surface area contributed by atoms with Crippen molar-refractivity contribution in [1.82, 2.24) is 4.90 Å². The highest BCUT2D eigenvalue weighted by Crippen LogP contribution is 2.46. The molecule has 2 aromatic carbocycles. The number of carbonyl (C=O) groups is 2. The molecule has 2 saturated heterocycles. The van der Waals surface area contributed by atoms with Gasteiger partial charge in [-0.25, -0.2) is 0 Å². The maximum atomic E-state index is 14.3. The Balaban J connectivity index is 1.46. The van der Waals surface area contributed by atoms with Crippen LogP contribution in [0.25, 0.3) is 0 Å². The van der Waals surface area contributed by atoms with E-state index in [1.807, 2.05) is 35.2 Å². The predicted molar refractivity (Wildman–Crippen MR) is 171 cm³/mol. The van der Waals surface area contributed by atoms with Gasteiger partial charge in [-0.2, -0.15) is 0 Å². The number of carboxylic acids is 1. The molecule has 10 nitrogen and oxygen atoms in total. The van der Waals surface area contributed by atoms with Crippen molar-refractivity contribution in [3.05, 3.63) is 53.6 Å². The number of anilines is 1. The lowest BCUT2D eigenvalue weighted by Crippen LogP contribution is -2.47. The molecule has 0 radical (unpaired) electrons. The van der Waals surface area contributed by atoms with E-state index in [0.29, 0.717) is 44.2 Å². The summed E-state index contributed by atoms with van der Waals surface area (Å²) in [5, 5.41) is 10.7. The maximum absolute atomic E-state index is 14.3. The van der Waals surface area contributed by atoms with Gasteiger partial charge in [0, 0.05) is 41.7 Å². The molecule has 246 valence electrons. The van der Waals surface area contributed by atoms with Crippen LogP contribution in [-0.2, 0) is 25.6 Å². The second-order valence-electron chi connectivity index (χ2n) is 14.4. The van der Waals surface area contributed by atoms with Crippen LogP contribution >= 0.6 is 0 Å². The summed E-state index contributed by atoms with van der Waals surface area (Å²) in [6, 6.07) is 13.5. The number of unbranched alkanes of at least 4 members (excludes halogenated alkanes) is 1. The third kappa shape index (κ3) is 7.80. The summed E-state index contributed by atoms with van der Waals surface area (Å²) in [4.78, 5) is 31.3. The molecule has 0 bridgehead atoms. The molecule has 0 saturated carbocycles. The second-order valence-corrected chi connectivity index (χ2v) is 14.4. The van der Waals surface area contributed by atoms with Crippen LogP contribution in [0.3, 0.4) is 0 Å². The van der Waals surface area contributed by atoms with Crippen LogP contribution in [0.2, 0.25) is 0 Å². The van der Waals surface area contributed by atoms with Gasteiger partial charge in [-0.15, -0.1) is 0 Å². The fourth-order valence-electron chi connectivity index (χ4n) is 7.02. The number of carbonyl (C=O) groups excluding carboxylic acids is 1. The number of ether oxygens (including phenoxy) is 4. The summed E-state index contributed by atoms with van der Waals surface area (Å²) in [7, 11) is 6.45. The van der Waals surface area contributed by atoms with Gasteiger partial charge in [-0.3, -0.25) is 14.5 Å². The number of rotatable bonds is 13. The Labute approximate surface area is 267 Å². The van der Waals surface area contributed by atoms with Gasteiger partial charge in [0.1, 0.15) is 6.54 Å². The molecule has 0 aromatic heterocycles. The molecule has 0 aliphatic carbocycles. The normalized spacial score (nSPS) is 22.2. The molecule has 45 heavy (non-hydrogen) atoms. The Morgan fingerprint density at radius 3 is 2.47 bits per heavy atom. The van der Waals surface area contributed by atoms with Gasteiger partial charge in [-0.05, 0) is 42.7 Å². The van der Waals surface area contributed by atoms with Gasteiger partial charge in [0.15, 0.2) is 17.8 Å². The minimum atomic E-state index is -0.877. The Morgan fingerprint density at radius 2 is 1.78 bits per heavy atom. The Morgan fingerprint density at radius 1 is 1.04 bits per heavy atom. The summed E-state index contributed by atoms with van der Waals surface area (Å²) < 4.78 is 23.7. The zero-order valence-corrected chi connectivity index (χ0v) is 27.7. The first-order valence-electron chi connectivity index (χ1n) is 16.2. The topological polar surface area (TPSA) is 97.8 Å². The molecule has 3 heterocycles. The van der Waals surface area contributed by atoms with Gasteiger partial charge < -0.3 is 33.4 Å². The van der Waals surface area contributed by atoms with E-state index in [0.717, 1.165) is 35.1 Å². The summed E-state index contributed by atoms with van der Waals surface area (Å²) in [6.07, 6.45) is 1.89. The van der Waals surface area contributed by atoms with Crippen LogP contribution in [-0.4, -0.2) is 99.5 Å². The zero-order chi connectivity index (χ0) is 32.4. The van der Waals surface area contributed by atoms with Crippen molar-refractivity contribution in [3.63, 3.8) is 0 Å². The second kappa shape index (κ2) is 13.7. The molecule has 2 fully saturated rings. The van der Waals surface area contributed by atoms with E-state index in [-0.39, 0.29) is 25.2 Å². The Kier molecular flexibility index (Phi) is 10.1. The van der Waals surface area contributed by atoms with Crippen LogP contribution in [0, 0.1) is 11.3 Å². The number of likely N-dealkylation sites (tertiary alicyclic amines) is 1. The highest BCUT2D eigenvalue weighted by Gasteiger charge is 2.50. The number of hydrogen-bond acceptors (Lipinski definition) is 7. The third-order valence-corrected chi connectivity index (χ3v) is 9.11. The molecule has 1 amide bonds. The Hall–Kier alpha value is -3.18. The van der Waals surface area contributed by atoms with Crippen LogP contribution in [0.1, 0.15) is 57.1 Å². The molecule has 3 atom stereocenters. The molecule has 0 spiro atoms. The standard InChI is InChI=1S/C35H49N3O7/c1-7-8-14-37(26-11-9-10-24(17-26)22-38(4,5)6)31(39)21-36-20-27(25-12-13-29-30(18-25)45-23-44-29)32(33(40)41)28(36)19-35(2,3)34-42-15-16-43-34/h9-13,17-18,27-28,32,34H,7-8,14-16,19-23H2,1-6H3/p+1. The van der Waals surface area contributed by atoms with Gasteiger partial charge in [0.2, 0.25) is 12.7 Å². The van der Waals surface area contributed by atoms with Gasteiger partial charge in [-0.1, -0.05) is 45.4 Å². The van der Waals surface area contributed by atoms with Gasteiger partial charge in [0.25, 0.3) is 0 Å². The number of nitrogens with zero attached hydrogens (tertiary/aromatic N) is 3. The number of fused-ring (bicyclic) bond motifs is 1.